The highest BCUT2D eigenvalue weighted by Gasteiger charge is 2.45. The first-order chi connectivity index (χ1) is 16.4. The summed E-state index contributed by atoms with van der Waals surface area (Å²) in [5, 5.41) is 10.2. The molecule has 0 saturated carbocycles. The summed E-state index contributed by atoms with van der Waals surface area (Å²) in [4.78, 5) is 28.9. The topological polar surface area (TPSA) is 85.5 Å². The molecular formula is C26H25N3O4S. The molecule has 2 aromatic heterocycles. The van der Waals surface area contributed by atoms with Crippen LogP contribution in [0.25, 0.3) is 11.0 Å². The fourth-order valence-corrected chi connectivity index (χ4v) is 5.00. The second-order valence-electron chi connectivity index (χ2n) is 8.43. The molecule has 0 bridgehead atoms. The molecule has 0 saturated heterocycles. The molecule has 3 heterocycles. The fraction of sp³-hybridized carbons (Fsp3) is 0.308. The van der Waals surface area contributed by atoms with Gasteiger partial charge in [0, 0.05) is 0 Å². The van der Waals surface area contributed by atoms with Gasteiger partial charge in [-0.3, -0.25) is 14.5 Å². The van der Waals surface area contributed by atoms with Crippen LogP contribution in [0.15, 0.2) is 45.6 Å². The highest BCUT2D eigenvalue weighted by atomic mass is 32.1. The molecule has 1 aliphatic rings. The van der Waals surface area contributed by atoms with Crippen molar-refractivity contribution in [1.29, 1.82) is 0 Å². The number of carbonyl (C=O) groups is 1. The highest BCUT2D eigenvalue weighted by Crippen LogP contribution is 2.42. The van der Waals surface area contributed by atoms with Gasteiger partial charge in [-0.2, -0.15) is 0 Å². The summed E-state index contributed by atoms with van der Waals surface area (Å²) in [6.45, 7) is 8.56. The number of amides is 1. The van der Waals surface area contributed by atoms with Gasteiger partial charge >= 0.3 is 0 Å². The third kappa shape index (κ3) is 3.58. The van der Waals surface area contributed by atoms with Crippen molar-refractivity contribution in [2.75, 3.05) is 11.5 Å². The number of anilines is 1. The van der Waals surface area contributed by atoms with Crippen molar-refractivity contribution >= 4 is 33.3 Å². The van der Waals surface area contributed by atoms with E-state index < -0.39 is 6.04 Å². The zero-order chi connectivity index (χ0) is 24.0. The van der Waals surface area contributed by atoms with Crippen molar-refractivity contribution in [2.24, 2.45) is 0 Å². The standard InChI is InChI=1S/C26H25N3O4S/c1-5-11-32-17-9-7-16(8-10-17)22-21-23(30)18-12-14(3)15(4)13-19(18)33-24(21)25(31)29(22)26-28-27-20(6-2)34-26/h7-10,12-13,22H,5-6,11H2,1-4H3. The fourth-order valence-electron chi connectivity index (χ4n) is 4.19. The van der Waals surface area contributed by atoms with Gasteiger partial charge in [0.2, 0.25) is 10.9 Å². The van der Waals surface area contributed by atoms with E-state index in [1.165, 1.54) is 16.2 Å². The van der Waals surface area contributed by atoms with Gasteiger partial charge in [-0.1, -0.05) is 37.3 Å². The molecule has 7 nitrogen and oxygen atoms in total. The van der Waals surface area contributed by atoms with Gasteiger partial charge < -0.3 is 9.15 Å². The molecule has 1 amide bonds. The van der Waals surface area contributed by atoms with Gasteiger partial charge in [0.25, 0.3) is 5.91 Å². The summed E-state index contributed by atoms with van der Waals surface area (Å²) in [7, 11) is 0. The summed E-state index contributed by atoms with van der Waals surface area (Å²) in [6, 6.07) is 10.5. The third-order valence-electron chi connectivity index (χ3n) is 6.12. The minimum absolute atomic E-state index is 0.0605. The third-order valence-corrected chi connectivity index (χ3v) is 7.19. The van der Waals surface area contributed by atoms with Crippen LogP contribution in [-0.4, -0.2) is 22.7 Å². The Morgan fingerprint density at radius 1 is 1.06 bits per heavy atom. The van der Waals surface area contributed by atoms with Crippen LogP contribution in [0.4, 0.5) is 5.13 Å². The van der Waals surface area contributed by atoms with Crippen LogP contribution in [-0.2, 0) is 6.42 Å². The molecule has 34 heavy (non-hydrogen) atoms. The number of aryl methyl sites for hydroxylation is 3. The predicted octanol–water partition coefficient (Wildman–Crippen LogP) is 5.36. The molecule has 4 aromatic rings. The average molecular weight is 476 g/mol. The van der Waals surface area contributed by atoms with Crippen molar-refractivity contribution in [3.63, 3.8) is 0 Å². The lowest BCUT2D eigenvalue weighted by Gasteiger charge is -2.22. The molecule has 0 radical (unpaired) electrons. The Kier molecular flexibility index (Phi) is 5.69. The zero-order valence-corrected chi connectivity index (χ0v) is 20.4. The second kappa shape index (κ2) is 8.68. The Morgan fingerprint density at radius 2 is 1.79 bits per heavy atom. The highest BCUT2D eigenvalue weighted by molar-refractivity contribution is 7.15. The first-order valence-electron chi connectivity index (χ1n) is 11.4. The number of hydrogen-bond donors (Lipinski definition) is 0. The Hall–Kier alpha value is -3.52. The summed E-state index contributed by atoms with van der Waals surface area (Å²) in [6.07, 6.45) is 1.62. The maximum Gasteiger partial charge on any atom is 0.297 e. The van der Waals surface area contributed by atoms with Gasteiger partial charge in [-0.05, 0) is 67.6 Å². The van der Waals surface area contributed by atoms with E-state index in [4.69, 9.17) is 9.15 Å². The summed E-state index contributed by atoms with van der Waals surface area (Å²) >= 11 is 1.35. The Bertz CT molecular complexity index is 1460. The number of nitrogens with zero attached hydrogens (tertiary/aromatic N) is 3. The molecule has 0 aliphatic carbocycles. The Morgan fingerprint density at radius 3 is 2.47 bits per heavy atom. The Labute approximate surface area is 201 Å². The molecular weight excluding hydrogens is 450 g/mol. The first kappa shape index (κ1) is 22.3. The lowest BCUT2D eigenvalue weighted by molar-refractivity contribution is 0.0970. The maximum atomic E-state index is 13.8. The van der Waals surface area contributed by atoms with Gasteiger partial charge in [0.1, 0.15) is 16.3 Å². The Balaban J connectivity index is 1.72. The molecule has 0 N–H and O–H groups in total. The van der Waals surface area contributed by atoms with E-state index in [-0.39, 0.29) is 17.1 Å². The molecule has 1 aliphatic heterocycles. The van der Waals surface area contributed by atoms with E-state index >= 15 is 0 Å². The number of fused-ring (bicyclic) bond motifs is 2. The van der Waals surface area contributed by atoms with Gasteiger partial charge in [-0.15, -0.1) is 10.2 Å². The molecule has 0 spiro atoms. The minimum Gasteiger partial charge on any atom is -0.494 e. The number of rotatable bonds is 6. The lowest BCUT2D eigenvalue weighted by Crippen LogP contribution is -2.29. The molecule has 0 fully saturated rings. The van der Waals surface area contributed by atoms with E-state index in [9.17, 15) is 9.59 Å². The normalized spacial score (nSPS) is 15.2. The van der Waals surface area contributed by atoms with E-state index in [2.05, 4.69) is 10.2 Å². The summed E-state index contributed by atoms with van der Waals surface area (Å²) in [5.74, 6) is 0.412. The van der Waals surface area contributed by atoms with Crippen LogP contribution in [0.3, 0.4) is 0 Å². The second-order valence-corrected chi connectivity index (χ2v) is 9.47. The largest absolute Gasteiger partial charge is 0.494 e. The molecule has 1 atom stereocenters. The summed E-state index contributed by atoms with van der Waals surface area (Å²) < 4.78 is 11.8. The van der Waals surface area contributed by atoms with Crippen LogP contribution >= 0.6 is 11.3 Å². The lowest BCUT2D eigenvalue weighted by atomic mass is 9.97. The minimum atomic E-state index is -0.664. The van der Waals surface area contributed by atoms with E-state index in [1.807, 2.05) is 64.1 Å². The smallest absolute Gasteiger partial charge is 0.297 e. The van der Waals surface area contributed by atoms with Crippen molar-refractivity contribution in [2.45, 2.75) is 46.6 Å². The van der Waals surface area contributed by atoms with Crippen LogP contribution in [0.2, 0.25) is 0 Å². The molecule has 8 heteroatoms. The SMILES string of the molecule is CCCOc1ccc(C2c3c(oc4cc(C)c(C)cc4c3=O)C(=O)N2c2nnc(CC)s2)cc1. The number of benzene rings is 2. The van der Waals surface area contributed by atoms with Crippen molar-refractivity contribution in [3.8, 4) is 5.75 Å². The zero-order valence-electron chi connectivity index (χ0n) is 19.5. The van der Waals surface area contributed by atoms with Crippen molar-refractivity contribution < 1.29 is 13.9 Å². The molecule has 1 unspecified atom stereocenters. The summed E-state index contributed by atoms with van der Waals surface area (Å²) in [5.41, 5.74) is 3.30. The van der Waals surface area contributed by atoms with E-state index in [0.29, 0.717) is 34.7 Å². The predicted molar refractivity (Wildman–Crippen MR) is 132 cm³/mol. The van der Waals surface area contributed by atoms with E-state index in [0.717, 1.165) is 33.9 Å². The van der Waals surface area contributed by atoms with E-state index in [1.54, 1.807) is 0 Å². The van der Waals surface area contributed by atoms with Crippen LogP contribution < -0.4 is 15.1 Å². The quantitative estimate of drug-likeness (QED) is 0.373. The van der Waals surface area contributed by atoms with Crippen LogP contribution in [0, 0.1) is 13.8 Å². The van der Waals surface area contributed by atoms with Crippen molar-refractivity contribution in [1.82, 2.24) is 10.2 Å². The average Bonchev–Trinajstić information content (AvgIpc) is 3.42. The number of ether oxygens (including phenoxy) is 1. The molecule has 174 valence electrons. The molecule has 5 rings (SSSR count). The molecule has 2 aromatic carbocycles. The van der Waals surface area contributed by atoms with Crippen LogP contribution in [0.1, 0.15) is 64.1 Å². The van der Waals surface area contributed by atoms with Crippen LogP contribution in [0.5, 0.6) is 5.75 Å². The number of carbonyl (C=O) groups excluding carboxylic acids is 1. The number of hydrogen-bond acceptors (Lipinski definition) is 7. The van der Waals surface area contributed by atoms with Gasteiger partial charge in [0.05, 0.1) is 23.6 Å². The van der Waals surface area contributed by atoms with Gasteiger partial charge in [0.15, 0.2) is 5.43 Å². The maximum absolute atomic E-state index is 13.8. The number of aromatic nitrogens is 2. The first-order valence-corrected chi connectivity index (χ1v) is 12.2. The monoisotopic (exact) mass is 475 g/mol. The van der Waals surface area contributed by atoms with Gasteiger partial charge in [-0.25, -0.2) is 0 Å². The van der Waals surface area contributed by atoms with Crippen molar-refractivity contribution in [3.05, 3.63) is 79.6 Å².